The number of rotatable bonds is 3. The molecule has 2 fully saturated rings. The molecule has 0 spiro atoms. The first kappa shape index (κ1) is 11.2. The summed E-state index contributed by atoms with van der Waals surface area (Å²) in [5, 5.41) is 4.10. The molecule has 1 aromatic heterocycles. The molecule has 0 N–H and O–H groups in total. The van der Waals surface area contributed by atoms with Gasteiger partial charge in [0, 0.05) is 12.0 Å². The van der Waals surface area contributed by atoms with E-state index >= 15 is 0 Å². The third-order valence-electron chi connectivity index (χ3n) is 4.82. The van der Waals surface area contributed by atoms with Gasteiger partial charge in [-0.2, -0.15) is 4.98 Å². The molecule has 2 bridgehead atoms. The molecule has 1 aromatic carbocycles. The van der Waals surface area contributed by atoms with E-state index in [9.17, 15) is 0 Å². The Morgan fingerprint density at radius 3 is 2.74 bits per heavy atom. The Labute approximate surface area is 113 Å². The summed E-state index contributed by atoms with van der Waals surface area (Å²) in [4.78, 5) is 4.55. The van der Waals surface area contributed by atoms with Crippen molar-refractivity contribution in [3.05, 3.63) is 36.2 Å². The van der Waals surface area contributed by atoms with Crippen LogP contribution >= 0.6 is 0 Å². The maximum Gasteiger partial charge on any atom is 0.227 e. The summed E-state index contributed by atoms with van der Waals surface area (Å²) in [6.45, 7) is 0. The van der Waals surface area contributed by atoms with E-state index in [-0.39, 0.29) is 0 Å². The van der Waals surface area contributed by atoms with Gasteiger partial charge in [-0.3, -0.25) is 0 Å². The molecule has 1 heterocycles. The molecule has 3 heteroatoms. The first-order valence-electron chi connectivity index (χ1n) is 7.26. The fourth-order valence-corrected chi connectivity index (χ4v) is 3.89. The molecule has 0 amide bonds. The van der Waals surface area contributed by atoms with Crippen LogP contribution in [-0.2, 0) is 6.42 Å². The average molecular weight is 254 g/mol. The van der Waals surface area contributed by atoms with Gasteiger partial charge in [0.25, 0.3) is 0 Å². The van der Waals surface area contributed by atoms with Gasteiger partial charge in [-0.15, -0.1) is 0 Å². The fourth-order valence-electron chi connectivity index (χ4n) is 3.89. The van der Waals surface area contributed by atoms with E-state index in [1.54, 1.807) is 0 Å². The van der Waals surface area contributed by atoms with Gasteiger partial charge in [-0.1, -0.05) is 41.9 Å². The van der Waals surface area contributed by atoms with E-state index in [0.29, 0.717) is 0 Å². The van der Waals surface area contributed by atoms with Crippen LogP contribution in [0.4, 0.5) is 0 Å². The largest absolute Gasteiger partial charge is 0.339 e. The Hall–Kier alpha value is -1.64. The number of nitrogens with zero attached hydrogens (tertiary/aromatic N) is 2. The van der Waals surface area contributed by atoms with Gasteiger partial charge in [0.2, 0.25) is 11.7 Å². The van der Waals surface area contributed by atoms with Crippen LogP contribution in [0.2, 0.25) is 0 Å². The van der Waals surface area contributed by atoms with E-state index < -0.39 is 0 Å². The molecule has 2 aliphatic carbocycles. The quantitative estimate of drug-likeness (QED) is 0.838. The van der Waals surface area contributed by atoms with Gasteiger partial charge in [0.1, 0.15) is 0 Å². The number of hydrogen-bond donors (Lipinski definition) is 0. The molecule has 0 aliphatic heterocycles. The predicted molar refractivity (Wildman–Crippen MR) is 72.4 cm³/mol. The maximum absolute atomic E-state index is 5.43. The molecule has 2 aromatic rings. The SMILES string of the molecule is c1ccc(-c2noc(CC3CC4CCC3C4)n2)cc1. The average Bonchev–Trinajstić information content (AvgIpc) is 3.16. The van der Waals surface area contributed by atoms with Crippen molar-refractivity contribution in [3.63, 3.8) is 0 Å². The normalized spacial score (nSPS) is 28.9. The van der Waals surface area contributed by atoms with Gasteiger partial charge in [0.15, 0.2) is 0 Å². The lowest BCUT2D eigenvalue weighted by molar-refractivity contribution is 0.288. The van der Waals surface area contributed by atoms with Crippen LogP contribution in [0.25, 0.3) is 11.4 Å². The molecule has 3 unspecified atom stereocenters. The fraction of sp³-hybridized carbons (Fsp3) is 0.500. The number of aromatic nitrogens is 2. The van der Waals surface area contributed by atoms with E-state index in [1.165, 1.54) is 25.7 Å². The lowest BCUT2D eigenvalue weighted by Gasteiger charge is -2.19. The molecule has 0 radical (unpaired) electrons. The summed E-state index contributed by atoms with van der Waals surface area (Å²) in [6.07, 6.45) is 6.63. The highest BCUT2D eigenvalue weighted by Crippen LogP contribution is 2.49. The summed E-state index contributed by atoms with van der Waals surface area (Å²) < 4.78 is 5.43. The minimum atomic E-state index is 0.721. The molecule has 2 aliphatic rings. The van der Waals surface area contributed by atoms with E-state index in [1.807, 2.05) is 30.3 Å². The Balaban J connectivity index is 1.50. The van der Waals surface area contributed by atoms with Crippen LogP contribution in [0.15, 0.2) is 34.9 Å². The zero-order chi connectivity index (χ0) is 12.7. The Morgan fingerprint density at radius 1 is 1.11 bits per heavy atom. The van der Waals surface area contributed by atoms with Crippen molar-refractivity contribution in [2.45, 2.75) is 32.1 Å². The summed E-state index contributed by atoms with van der Waals surface area (Å²) in [6, 6.07) is 10.0. The Kier molecular flexibility index (Phi) is 2.64. The van der Waals surface area contributed by atoms with Crippen LogP contribution in [0.5, 0.6) is 0 Å². The zero-order valence-electron chi connectivity index (χ0n) is 11.0. The summed E-state index contributed by atoms with van der Waals surface area (Å²) in [5.74, 6) is 4.21. The van der Waals surface area contributed by atoms with Crippen molar-refractivity contribution >= 4 is 0 Å². The number of hydrogen-bond acceptors (Lipinski definition) is 3. The van der Waals surface area contributed by atoms with Gasteiger partial charge < -0.3 is 4.52 Å². The van der Waals surface area contributed by atoms with Crippen LogP contribution in [0.1, 0.15) is 31.6 Å². The van der Waals surface area contributed by atoms with Crippen LogP contribution in [-0.4, -0.2) is 10.1 Å². The first-order chi connectivity index (χ1) is 9.38. The van der Waals surface area contributed by atoms with Crippen LogP contribution in [0.3, 0.4) is 0 Å². The third-order valence-corrected chi connectivity index (χ3v) is 4.82. The second kappa shape index (κ2) is 4.48. The summed E-state index contributed by atoms with van der Waals surface area (Å²) in [5.41, 5.74) is 1.03. The summed E-state index contributed by atoms with van der Waals surface area (Å²) in [7, 11) is 0. The topological polar surface area (TPSA) is 38.9 Å². The Bertz CT molecular complexity index is 563. The molecular weight excluding hydrogens is 236 g/mol. The van der Waals surface area contributed by atoms with Crippen LogP contribution in [0, 0.1) is 17.8 Å². The Morgan fingerprint density at radius 2 is 2.00 bits per heavy atom. The van der Waals surface area contributed by atoms with Crippen molar-refractivity contribution in [1.29, 1.82) is 0 Å². The van der Waals surface area contributed by atoms with E-state index in [2.05, 4.69) is 10.1 Å². The highest BCUT2D eigenvalue weighted by Gasteiger charge is 2.40. The highest BCUT2D eigenvalue weighted by molar-refractivity contribution is 5.53. The minimum Gasteiger partial charge on any atom is -0.339 e. The zero-order valence-corrected chi connectivity index (χ0v) is 11.0. The van der Waals surface area contributed by atoms with Gasteiger partial charge in [-0.25, -0.2) is 0 Å². The van der Waals surface area contributed by atoms with Crippen molar-refractivity contribution < 1.29 is 4.52 Å². The second-order valence-electron chi connectivity index (χ2n) is 6.02. The predicted octanol–water partition coefficient (Wildman–Crippen LogP) is 3.72. The first-order valence-corrected chi connectivity index (χ1v) is 7.26. The van der Waals surface area contributed by atoms with E-state index in [0.717, 1.165) is 41.5 Å². The van der Waals surface area contributed by atoms with Crippen molar-refractivity contribution in [1.82, 2.24) is 10.1 Å². The van der Waals surface area contributed by atoms with Crippen LogP contribution < -0.4 is 0 Å². The number of benzene rings is 1. The molecule has 3 nitrogen and oxygen atoms in total. The lowest BCUT2D eigenvalue weighted by atomic mass is 9.86. The third kappa shape index (κ3) is 2.07. The van der Waals surface area contributed by atoms with Crippen molar-refractivity contribution in [2.75, 3.05) is 0 Å². The molecule has 0 saturated heterocycles. The highest BCUT2D eigenvalue weighted by atomic mass is 16.5. The molecular formula is C16H18N2O. The lowest BCUT2D eigenvalue weighted by Crippen LogP contribution is -2.13. The molecule has 4 rings (SSSR count). The van der Waals surface area contributed by atoms with E-state index in [4.69, 9.17) is 4.52 Å². The summed E-state index contributed by atoms with van der Waals surface area (Å²) >= 11 is 0. The monoisotopic (exact) mass is 254 g/mol. The minimum absolute atomic E-state index is 0.721. The van der Waals surface area contributed by atoms with Gasteiger partial charge in [-0.05, 0) is 37.0 Å². The number of fused-ring (bicyclic) bond motifs is 2. The molecule has 98 valence electrons. The standard InChI is InChI=1S/C16H18N2O/c1-2-4-12(5-3-1)16-17-15(19-18-16)10-14-9-11-6-7-13(14)8-11/h1-5,11,13-14H,6-10H2. The van der Waals surface area contributed by atoms with Gasteiger partial charge in [0.05, 0.1) is 0 Å². The molecule has 2 saturated carbocycles. The smallest absolute Gasteiger partial charge is 0.227 e. The molecule has 19 heavy (non-hydrogen) atoms. The van der Waals surface area contributed by atoms with Crippen molar-refractivity contribution in [2.24, 2.45) is 17.8 Å². The van der Waals surface area contributed by atoms with Gasteiger partial charge >= 0.3 is 0 Å². The molecule has 3 atom stereocenters. The van der Waals surface area contributed by atoms with Crippen molar-refractivity contribution in [3.8, 4) is 11.4 Å². The maximum atomic E-state index is 5.43. The second-order valence-corrected chi connectivity index (χ2v) is 6.02.